The van der Waals surface area contributed by atoms with Crippen molar-refractivity contribution in [2.24, 2.45) is 11.8 Å². The predicted octanol–water partition coefficient (Wildman–Crippen LogP) is -0.0332. The van der Waals surface area contributed by atoms with Crippen molar-refractivity contribution in [3.63, 3.8) is 0 Å². The van der Waals surface area contributed by atoms with E-state index in [1.807, 2.05) is 0 Å². The minimum atomic E-state index is -0.789. The fourth-order valence-electron chi connectivity index (χ4n) is 3.42. The zero-order chi connectivity index (χ0) is 13.6. The van der Waals surface area contributed by atoms with E-state index in [-0.39, 0.29) is 42.4 Å². The van der Waals surface area contributed by atoms with E-state index in [2.05, 4.69) is 5.32 Å². The number of amides is 4. The van der Waals surface area contributed by atoms with Gasteiger partial charge in [0.25, 0.3) is 0 Å². The van der Waals surface area contributed by atoms with E-state index in [9.17, 15) is 19.2 Å². The molecule has 0 bridgehead atoms. The van der Waals surface area contributed by atoms with Crippen LogP contribution in [0.25, 0.3) is 0 Å². The molecule has 19 heavy (non-hydrogen) atoms. The van der Waals surface area contributed by atoms with Gasteiger partial charge in [0.15, 0.2) is 0 Å². The van der Waals surface area contributed by atoms with Crippen LogP contribution in [-0.4, -0.2) is 34.6 Å². The van der Waals surface area contributed by atoms with E-state index < -0.39 is 11.9 Å². The van der Waals surface area contributed by atoms with Crippen molar-refractivity contribution in [3.05, 3.63) is 0 Å². The Hall–Kier alpha value is -1.72. The zero-order valence-corrected chi connectivity index (χ0v) is 10.6. The molecule has 2 saturated heterocycles. The van der Waals surface area contributed by atoms with Crippen molar-refractivity contribution in [1.82, 2.24) is 10.2 Å². The summed E-state index contributed by atoms with van der Waals surface area (Å²) in [4.78, 5) is 48.7. The quantitative estimate of drug-likeness (QED) is 0.674. The lowest BCUT2D eigenvalue weighted by Gasteiger charge is -2.28. The van der Waals surface area contributed by atoms with E-state index in [1.165, 1.54) is 0 Å². The molecule has 3 aliphatic rings. The average molecular weight is 264 g/mol. The molecular weight excluding hydrogens is 248 g/mol. The van der Waals surface area contributed by atoms with Gasteiger partial charge in [0.2, 0.25) is 23.6 Å². The fraction of sp³-hybridized carbons (Fsp3) is 0.692. The van der Waals surface area contributed by atoms with Crippen molar-refractivity contribution >= 4 is 23.6 Å². The summed E-state index contributed by atoms with van der Waals surface area (Å²) >= 11 is 0. The van der Waals surface area contributed by atoms with Gasteiger partial charge in [0.05, 0.1) is 11.8 Å². The Kier molecular flexibility index (Phi) is 2.88. The fourth-order valence-corrected chi connectivity index (χ4v) is 3.42. The highest BCUT2D eigenvalue weighted by atomic mass is 16.2. The lowest BCUT2D eigenvalue weighted by molar-refractivity contribution is -0.151. The molecule has 2 heterocycles. The van der Waals surface area contributed by atoms with Crippen LogP contribution in [0.3, 0.4) is 0 Å². The molecule has 6 nitrogen and oxygen atoms in total. The second-order valence-electron chi connectivity index (χ2n) is 5.51. The molecule has 102 valence electrons. The molecule has 0 aromatic heterocycles. The molecule has 3 atom stereocenters. The molecule has 1 saturated carbocycles. The van der Waals surface area contributed by atoms with Crippen LogP contribution in [0, 0.1) is 11.8 Å². The molecule has 0 spiro atoms. The van der Waals surface area contributed by atoms with Crippen molar-refractivity contribution < 1.29 is 19.2 Å². The minimum absolute atomic E-state index is 0.183. The average Bonchev–Trinajstić information content (AvgIpc) is 2.64. The largest absolute Gasteiger partial charge is 0.295 e. The van der Waals surface area contributed by atoms with Crippen LogP contribution in [0.1, 0.15) is 38.5 Å². The van der Waals surface area contributed by atoms with Gasteiger partial charge >= 0.3 is 0 Å². The standard InChI is InChI=1S/C13H16N2O4/c16-10-6-5-9(11(17)14-10)15-12(18)7-3-1-2-4-8(7)13(15)19/h7-9H,1-6H2,(H,14,16,17). The van der Waals surface area contributed by atoms with Crippen LogP contribution in [0.2, 0.25) is 0 Å². The monoisotopic (exact) mass is 264 g/mol. The van der Waals surface area contributed by atoms with E-state index in [1.54, 1.807) is 0 Å². The summed E-state index contributed by atoms with van der Waals surface area (Å²) < 4.78 is 0. The number of fused-ring (bicyclic) bond motifs is 1. The third kappa shape index (κ3) is 1.86. The molecule has 4 amide bonds. The number of carbonyl (C=O) groups is 4. The summed E-state index contributed by atoms with van der Waals surface area (Å²) in [5, 5.41) is 2.20. The Morgan fingerprint density at radius 2 is 1.47 bits per heavy atom. The lowest BCUT2D eigenvalue weighted by atomic mass is 9.81. The number of rotatable bonds is 1. The van der Waals surface area contributed by atoms with Gasteiger partial charge in [-0.3, -0.25) is 29.4 Å². The maximum Gasteiger partial charge on any atom is 0.249 e. The van der Waals surface area contributed by atoms with Crippen molar-refractivity contribution in [2.45, 2.75) is 44.6 Å². The molecule has 3 unspecified atom stereocenters. The number of imide groups is 2. The number of carbonyl (C=O) groups excluding carboxylic acids is 4. The van der Waals surface area contributed by atoms with Gasteiger partial charge in [0, 0.05) is 6.42 Å². The van der Waals surface area contributed by atoms with Gasteiger partial charge < -0.3 is 0 Å². The summed E-state index contributed by atoms with van der Waals surface area (Å²) in [7, 11) is 0. The first kappa shape index (κ1) is 12.3. The number of hydrogen-bond acceptors (Lipinski definition) is 4. The second kappa shape index (κ2) is 4.43. The highest BCUT2D eigenvalue weighted by molar-refractivity contribution is 6.10. The summed E-state index contributed by atoms with van der Waals surface area (Å²) in [6.07, 6.45) is 3.83. The van der Waals surface area contributed by atoms with Crippen LogP contribution in [0.5, 0.6) is 0 Å². The highest BCUT2D eigenvalue weighted by Crippen LogP contribution is 2.39. The third-order valence-electron chi connectivity index (χ3n) is 4.40. The van der Waals surface area contributed by atoms with E-state index in [4.69, 9.17) is 0 Å². The second-order valence-corrected chi connectivity index (χ2v) is 5.51. The van der Waals surface area contributed by atoms with Gasteiger partial charge in [-0.05, 0) is 19.3 Å². The number of hydrogen-bond donors (Lipinski definition) is 1. The van der Waals surface area contributed by atoms with Crippen LogP contribution in [0.4, 0.5) is 0 Å². The maximum atomic E-state index is 12.3. The lowest BCUT2D eigenvalue weighted by Crippen LogP contribution is -2.54. The van der Waals surface area contributed by atoms with E-state index >= 15 is 0 Å². The van der Waals surface area contributed by atoms with Crippen LogP contribution < -0.4 is 5.32 Å². The van der Waals surface area contributed by atoms with Crippen LogP contribution >= 0.6 is 0 Å². The minimum Gasteiger partial charge on any atom is -0.295 e. The molecule has 0 radical (unpaired) electrons. The smallest absolute Gasteiger partial charge is 0.249 e. The molecule has 2 aliphatic heterocycles. The number of nitrogens with zero attached hydrogens (tertiary/aromatic N) is 1. The van der Waals surface area contributed by atoms with E-state index in [0.717, 1.165) is 30.6 Å². The van der Waals surface area contributed by atoms with Gasteiger partial charge in [-0.1, -0.05) is 12.8 Å². The Morgan fingerprint density at radius 3 is 2.00 bits per heavy atom. The molecule has 3 fully saturated rings. The van der Waals surface area contributed by atoms with Crippen LogP contribution in [0.15, 0.2) is 0 Å². The summed E-state index contributed by atoms with van der Waals surface area (Å²) in [5.41, 5.74) is 0. The molecule has 0 aromatic rings. The van der Waals surface area contributed by atoms with Crippen molar-refractivity contribution in [3.8, 4) is 0 Å². The Balaban J connectivity index is 1.84. The number of piperidine rings is 1. The van der Waals surface area contributed by atoms with Gasteiger partial charge in [0.1, 0.15) is 6.04 Å². The molecule has 3 rings (SSSR count). The van der Waals surface area contributed by atoms with Crippen LogP contribution in [-0.2, 0) is 19.2 Å². The van der Waals surface area contributed by atoms with Gasteiger partial charge in [-0.15, -0.1) is 0 Å². The Labute approximate surface area is 110 Å². The summed E-state index contributed by atoms with van der Waals surface area (Å²) in [6, 6.07) is -0.789. The van der Waals surface area contributed by atoms with Gasteiger partial charge in [-0.2, -0.15) is 0 Å². The molecule has 0 aromatic carbocycles. The van der Waals surface area contributed by atoms with Crippen molar-refractivity contribution in [1.29, 1.82) is 0 Å². The first-order valence-corrected chi connectivity index (χ1v) is 6.80. The molecule has 1 N–H and O–H groups in total. The third-order valence-corrected chi connectivity index (χ3v) is 4.40. The van der Waals surface area contributed by atoms with Crippen molar-refractivity contribution in [2.75, 3.05) is 0 Å². The summed E-state index contributed by atoms with van der Waals surface area (Å²) in [6.45, 7) is 0. The predicted molar refractivity (Wildman–Crippen MR) is 63.5 cm³/mol. The zero-order valence-electron chi connectivity index (χ0n) is 10.6. The summed E-state index contributed by atoms with van der Waals surface area (Å²) in [5.74, 6) is -1.78. The SMILES string of the molecule is O=C1CCC(N2C(=O)C3CCCCC3C2=O)C(=O)N1. The number of nitrogens with one attached hydrogen (secondary N) is 1. The highest BCUT2D eigenvalue weighted by Gasteiger charge is 2.52. The Bertz CT molecular complexity index is 449. The maximum absolute atomic E-state index is 12.3. The Morgan fingerprint density at radius 1 is 0.895 bits per heavy atom. The van der Waals surface area contributed by atoms with Gasteiger partial charge in [-0.25, -0.2) is 0 Å². The molecular formula is C13H16N2O4. The first-order valence-electron chi connectivity index (χ1n) is 6.80. The molecule has 1 aliphatic carbocycles. The number of likely N-dealkylation sites (tertiary alicyclic amines) is 1. The van der Waals surface area contributed by atoms with E-state index in [0.29, 0.717) is 0 Å². The molecule has 6 heteroatoms. The first-order chi connectivity index (χ1) is 9.09. The normalized spacial score (nSPS) is 35.4. The topological polar surface area (TPSA) is 83.6 Å².